The van der Waals surface area contributed by atoms with E-state index >= 15 is 0 Å². The van der Waals surface area contributed by atoms with E-state index in [4.69, 9.17) is 5.26 Å². The summed E-state index contributed by atoms with van der Waals surface area (Å²) < 4.78 is 2.19. The summed E-state index contributed by atoms with van der Waals surface area (Å²) in [4.78, 5) is 18.7. The molecule has 5 nitrogen and oxygen atoms in total. The van der Waals surface area contributed by atoms with Crippen LogP contribution in [0.2, 0.25) is 0 Å². The van der Waals surface area contributed by atoms with Crippen LogP contribution in [0.1, 0.15) is 30.8 Å². The Bertz CT molecular complexity index is 770. The molecule has 0 saturated carbocycles. The van der Waals surface area contributed by atoms with Crippen LogP contribution in [0.3, 0.4) is 0 Å². The second-order valence-corrected chi connectivity index (χ2v) is 6.78. The first kappa shape index (κ1) is 16.3. The molecule has 1 aliphatic heterocycles. The van der Waals surface area contributed by atoms with Gasteiger partial charge < -0.3 is 9.47 Å². The highest BCUT2D eigenvalue weighted by molar-refractivity contribution is 5.84. The van der Waals surface area contributed by atoms with E-state index in [0.29, 0.717) is 13.1 Å². The van der Waals surface area contributed by atoms with Gasteiger partial charge in [-0.3, -0.25) is 4.79 Å². The lowest BCUT2D eigenvalue weighted by atomic mass is 9.93. The summed E-state index contributed by atoms with van der Waals surface area (Å²) in [7, 11) is 0. The molecule has 0 bridgehead atoms. The van der Waals surface area contributed by atoms with Crippen molar-refractivity contribution in [2.45, 2.75) is 39.8 Å². The molecule has 2 aromatic rings. The highest BCUT2D eigenvalue weighted by Gasteiger charge is 2.34. The number of fused-ring (bicyclic) bond motifs is 1. The average molecular weight is 322 g/mol. The van der Waals surface area contributed by atoms with Crippen molar-refractivity contribution in [2.24, 2.45) is 5.41 Å². The molecular weight excluding hydrogens is 300 g/mol. The van der Waals surface area contributed by atoms with Gasteiger partial charge in [-0.15, -0.1) is 0 Å². The third-order valence-electron chi connectivity index (χ3n) is 4.58. The number of nitrogens with zero attached hydrogens (tertiary/aromatic N) is 4. The summed E-state index contributed by atoms with van der Waals surface area (Å²) >= 11 is 0. The van der Waals surface area contributed by atoms with Crippen molar-refractivity contribution in [2.75, 3.05) is 6.54 Å². The Morgan fingerprint density at radius 2 is 2.08 bits per heavy atom. The Hall–Kier alpha value is -2.61. The van der Waals surface area contributed by atoms with Gasteiger partial charge in [-0.25, -0.2) is 4.98 Å². The zero-order valence-corrected chi connectivity index (χ0v) is 14.2. The second-order valence-electron chi connectivity index (χ2n) is 6.78. The molecule has 5 heteroatoms. The summed E-state index contributed by atoms with van der Waals surface area (Å²) in [6, 6.07) is 12.5. The van der Waals surface area contributed by atoms with Gasteiger partial charge >= 0.3 is 0 Å². The summed E-state index contributed by atoms with van der Waals surface area (Å²) in [5.74, 6) is -0.116. The summed E-state index contributed by atoms with van der Waals surface area (Å²) in [5.41, 5.74) is 2.50. The Kier molecular flexibility index (Phi) is 4.39. The standard InChI is InChI=1S/C19H22N4O/c1-19(2,13-20)18(24)22-11-9-17-16(12-22)21-14-23(17)10-8-15-6-4-3-5-7-15/h3-7,14H,8-12H2,1-2H3. The number of benzene rings is 1. The number of aryl methyl sites for hydroxylation is 2. The molecular formula is C19H22N4O. The Balaban J connectivity index is 1.68. The van der Waals surface area contributed by atoms with Gasteiger partial charge in [-0.1, -0.05) is 30.3 Å². The van der Waals surface area contributed by atoms with Crippen molar-refractivity contribution in [3.8, 4) is 6.07 Å². The Morgan fingerprint density at radius 3 is 2.79 bits per heavy atom. The number of hydrogen-bond acceptors (Lipinski definition) is 3. The van der Waals surface area contributed by atoms with Gasteiger partial charge in [0.05, 0.1) is 24.6 Å². The third kappa shape index (κ3) is 3.18. The maximum Gasteiger partial charge on any atom is 0.242 e. The van der Waals surface area contributed by atoms with Crippen LogP contribution in [0.15, 0.2) is 36.7 Å². The number of carbonyl (C=O) groups excluding carboxylic acids is 1. The number of aromatic nitrogens is 2. The maximum absolute atomic E-state index is 12.4. The molecule has 0 fully saturated rings. The third-order valence-corrected chi connectivity index (χ3v) is 4.58. The van der Waals surface area contributed by atoms with E-state index in [2.05, 4.69) is 39.9 Å². The van der Waals surface area contributed by atoms with Crippen LogP contribution in [0.5, 0.6) is 0 Å². The van der Waals surface area contributed by atoms with Crippen LogP contribution in [0.25, 0.3) is 0 Å². The van der Waals surface area contributed by atoms with Crippen molar-refractivity contribution < 1.29 is 4.79 Å². The largest absolute Gasteiger partial charge is 0.335 e. The minimum atomic E-state index is -0.979. The highest BCUT2D eigenvalue weighted by atomic mass is 16.2. The average Bonchev–Trinajstić information content (AvgIpc) is 3.02. The molecule has 124 valence electrons. The fourth-order valence-corrected chi connectivity index (χ4v) is 3.07. The number of nitriles is 1. The molecule has 1 aromatic heterocycles. The van der Waals surface area contributed by atoms with Gasteiger partial charge in [0.1, 0.15) is 5.41 Å². The van der Waals surface area contributed by atoms with Crippen LogP contribution < -0.4 is 0 Å². The quantitative estimate of drug-likeness (QED) is 0.869. The molecule has 0 spiro atoms. The fourth-order valence-electron chi connectivity index (χ4n) is 3.07. The van der Waals surface area contributed by atoms with Gasteiger partial charge in [-0.05, 0) is 25.8 Å². The van der Waals surface area contributed by atoms with Crippen LogP contribution in [-0.2, 0) is 30.7 Å². The fraction of sp³-hybridized carbons (Fsp3) is 0.421. The van der Waals surface area contributed by atoms with Crippen molar-refractivity contribution in [1.82, 2.24) is 14.5 Å². The van der Waals surface area contributed by atoms with Crippen molar-refractivity contribution in [3.05, 3.63) is 53.6 Å². The monoisotopic (exact) mass is 322 g/mol. The van der Waals surface area contributed by atoms with E-state index in [-0.39, 0.29) is 5.91 Å². The first-order valence-corrected chi connectivity index (χ1v) is 8.28. The molecule has 0 unspecified atom stereocenters. The van der Waals surface area contributed by atoms with Gasteiger partial charge in [0.2, 0.25) is 5.91 Å². The van der Waals surface area contributed by atoms with E-state index in [0.717, 1.165) is 25.1 Å². The first-order valence-electron chi connectivity index (χ1n) is 8.28. The number of imidazole rings is 1. The predicted molar refractivity (Wildman–Crippen MR) is 90.9 cm³/mol. The molecule has 1 amide bonds. The minimum absolute atomic E-state index is 0.116. The molecule has 1 aliphatic rings. The molecule has 2 heterocycles. The van der Waals surface area contributed by atoms with Crippen LogP contribution >= 0.6 is 0 Å². The van der Waals surface area contributed by atoms with Crippen LogP contribution in [-0.4, -0.2) is 26.9 Å². The zero-order valence-electron chi connectivity index (χ0n) is 14.2. The summed E-state index contributed by atoms with van der Waals surface area (Å²) in [5, 5.41) is 9.16. The predicted octanol–water partition coefficient (Wildman–Crippen LogP) is 2.56. The summed E-state index contributed by atoms with van der Waals surface area (Å²) in [6.07, 6.45) is 3.63. The van der Waals surface area contributed by atoms with E-state index in [9.17, 15) is 4.79 Å². The molecule has 0 aliphatic carbocycles. The SMILES string of the molecule is CC(C)(C#N)C(=O)N1CCc2c(ncn2CCc2ccccc2)C1. The van der Waals surface area contributed by atoms with E-state index in [1.807, 2.05) is 12.4 Å². The number of carbonyl (C=O) groups is 1. The maximum atomic E-state index is 12.4. The lowest BCUT2D eigenvalue weighted by Crippen LogP contribution is -2.43. The van der Waals surface area contributed by atoms with Crippen LogP contribution in [0.4, 0.5) is 0 Å². The Morgan fingerprint density at radius 1 is 1.33 bits per heavy atom. The number of hydrogen-bond donors (Lipinski definition) is 0. The van der Waals surface area contributed by atoms with Gasteiger partial charge in [0.15, 0.2) is 0 Å². The van der Waals surface area contributed by atoms with Gasteiger partial charge in [0.25, 0.3) is 0 Å². The molecule has 0 N–H and O–H groups in total. The van der Waals surface area contributed by atoms with E-state index in [1.165, 1.54) is 11.3 Å². The summed E-state index contributed by atoms with van der Waals surface area (Å²) in [6.45, 7) is 5.38. The van der Waals surface area contributed by atoms with Crippen molar-refractivity contribution in [3.63, 3.8) is 0 Å². The topological polar surface area (TPSA) is 61.9 Å². The molecule has 1 aromatic carbocycles. The normalized spacial score (nSPS) is 14.1. The van der Waals surface area contributed by atoms with Crippen molar-refractivity contribution in [1.29, 1.82) is 5.26 Å². The molecule has 0 atom stereocenters. The lowest BCUT2D eigenvalue weighted by molar-refractivity contribution is -0.138. The smallest absolute Gasteiger partial charge is 0.242 e. The molecule has 24 heavy (non-hydrogen) atoms. The Labute approximate surface area is 142 Å². The molecule has 0 radical (unpaired) electrons. The lowest BCUT2D eigenvalue weighted by Gasteiger charge is -2.31. The number of amides is 1. The van der Waals surface area contributed by atoms with E-state index < -0.39 is 5.41 Å². The molecule has 3 rings (SSSR count). The van der Waals surface area contributed by atoms with Crippen molar-refractivity contribution >= 4 is 5.91 Å². The van der Waals surface area contributed by atoms with Crippen LogP contribution in [0, 0.1) is 16.7 Å². The molecule has 0 saturated heterocycles. The first-order chi connectivity index (χ1) is 11.5. The minimum Gasteiger partial charge on any atom is -0.335 e. The number of rotatable bonds is 4. The second kappa shape index (κ2) is 6.48. The highest BCUT2D eigenvalue weighted by Crippen LogP contribution is 2.24. The van der Waals surface area contributed by atoms with Gasteiger partial charge in [-0.2, -0.15) is 5.26 Å². The zero-order chi connectivity index (χ0) is 17.2. The van der Waals surface area contributed by atoms with E-state index in [1.54, 1.807) is 18.7 Å². The van der Waals surface area contributed by atoms with Gasteiger partial charge in [0, 0.05) is 25.2 Å².